The number of aryl methyl sites for hydroxylation is 1. The number of amides is 2. The van der Waals surface area contributed by atoms with Crippen molar-refractivity contribution >= 4 is 11.8 Å². The summed E-state index contributed by atoms with van der Waals surface area (Å²) < 4.78 is 0. The van der Waals surface area contributed by atoms with Crippen LogP contribution in [0, 0.1) is 0 Å². The van der Waals surface area contributed by atoms with Crippen LogP contribution in [0.4, 0.5) is 0 Å². The predicted molar refractivity (Wildman–Crippen MR) is 137 cm³/mol. The largest absolute Gasteiger partial charge is 0.354 e. The third-order valence-corrected chi connectivity index (χ3v) is 6.15. The topological polar surface area (TPSA) is 49.4 Å². The van der Waals surface area contributed by atoms with E-state index in [9.17, 15) is 9.59 Å². The molecule has 4 heteroatoms. The minimum atomic E-state index is -0.429. The number of carbonyl (C=O) groups excluding carboxylic acids is 2. The van der Waals surface area contributed by atoms with Crippen LogP contribution in [0.3, 0.4) is 0 Å². The normalized spacial score (nSPS) is 12.3. The first kappa shape index (κ1) is 26.6. The molecule has 0 saturated carbocycles. The van der Waals surface area contributed by atoms with Crippen LogP contribution in [0.5, 0.6) is 0 Å². The monoisotopic (exact) mass is 450 g/mol. The van der Waals surface area contributed by atoms with Gasteiger partial charge in [-0.3, -0.25) is 9.59 Å². The molecule has 180 valence electrons. The standard InChI is InChI=1S/C29H42N2O2/c1-6-8-21-30-28(33)26(7-2)31(22-20-23-12-10-9-11-13-23)27(32)19-16-24-14-17-25(18-15-24)29(3,4)5/h9-15,17-18,26H,6-8,16,19-22H2,1-5H3,(H,30,33). The number of benzene rings is 2. The second kappa shape index (κ2) is 13.2. The highest BCUT2D eigenvalue weighted by Crippen LogP contribution is 2.22. The second-order valence-corrected chi connectivity index (χ2v) is 9.84. The molecular formula is C29H42N2O2. The second-order valence-electron chi connectivity index (χ2n) is 9.84. The summed E-state index contributed by atoms with van der Waals surface area (Å²) >= 11 is 0. The highest BCUT2D eigenvalue weighted by Gasteiger charge is 2.27. The summed E-state index contributed by atoms with van der Waals surface area (Å²) in [7, 11) is 0. The Morgan fingerprint density at radius 1 is 0.909 bits per heavy atom. The Hall–Kier alpha value is -2.62. The molecule has 0 aliphatic rings. The Kier molecular flexibility index (Phi) is 10.6. The minimum Gasteiger partial charge on any atom is -0.354 e. The zero-order valence-corrected chi connectivity index (χ0v) is 21.2. The summed E-state index contributed by atoms with van der Waals surface area (Å²) in [6.45, 7) is 11.9. The van der Waals surface area contributed by atoms with Gasteiger partial charge in [-0.05, 0) is 47.8 Å². The SMILES string of the molecule is CCCCNC(=O)C(CC)N(CCc1ccccc1)C(=O)CCc1ccc(C(C)(C)C)cc1. The molecule has 2 aromatic rings. The van der Waals surface area contributed by atoms with Gasteiger partial charge in [0.1, 0.15) is 6.04 Å². The van der Waals surface area contributed by atoms with Crippen LogP contribution in [0.15, 0.2) is 54.6 Å². The van der Waals surface area contributed by atoms with Crippen LogP contribution in [-0.4, -0.2) is 35.8 Å². The Morgan fingerprint density at radius 3 is 2.12 bits per heavy atom. The number of carbonyl (C=O) groups is 2. The van der Waals surface area contributed by atoms with Crippen molar-refractivity contribution in [2.45, 2.75) is 84.6 Å². The molecule has 0 fully saturated rings. The first-order valence-electron chi connectivity index (χ1n) is 12.5. The van der Waals surface area contributed by atoms with Crippen molar-refractivity contribution in [2.24, 2.45) is 0 Å². The Morgan fingerprint density at radius 2 is 1.55 bits per heavy atom. The maximum Gasteiger partial charge on any atom is 0.242 e. The molecule has 4 nitrogen and oxygen atoms in total. The number of hydrogen-bond donors (Lipinski definition) is 1. The van der Waals surface area contributed by atoms with E-state index in [2.05, 4.69) is 69.4 Å². The van der Waals surface area contributed by atoms with E-state index in [0.29, 0.717) is 32.4 Å². The van der Waals surface area contributed by atoms with Gasteiger partial charge in [0.25, 0.3) is 0 Å². The number of hydrogen-bond acceptors (Lipinski definition) is 2. The quantitative estimate of drug-likeness (QED) is 0.423. The number of nitrogens with zero attached hydrogens (tertiary/aromatic N) is 1. The third-order valence-electron chi connectivity index (χ3n) is 6.15. The van der Waals surface area contributed by atoms with Crippen LogP contribution in [0.2, 0.25) is 0 Å². The van der Waals surface area contributed by atoms with Crippen molar-refractivity contribution in [2.75, 3.05) is 13.1 Å². The lowest BCUT2D eigenvalue weighted by atomic mass is 9.86. The summed E-state index contributed by atoms with van der Waals surface area (Å²) in [5.74, 6) is 0.00483. The van der Waals surface area contributed by atoms with Crippen molar-refractivity contribution in [3.8, 4) is 0 Å². The van der Waals surface area contributed by atoms with Crippen molar-refractivity contribution in [1.29, 1.82) is 0 Å². The zero-order chi connectivity index (χ0) is 24.3. The highest BCUT2D eigenvalue weighted by molar-refractivity contribution is 5.87. The van der Waals surface area contributed by atoms with Gasteiger partial charge < -0.3 is 10.2 Å². The first-order chi connectivity index (χ1) is 15.8. The van der Waals surface area contributed by atoms with Crippen LogP contribution >= 0.6 is 0 Å². The highest BCUT2D eigenvalue weighted by atomic mass is 16.2. The van der Waals surface area contributed by atoms with Crippen LogP contribution in [0.25, 0.3) is 0 Å². The molecule has 1 unspecified atom stereocenters. The fourth-order valence-corrected chi connectivity index (χ4v) is 3.97. The summed E-state index contributed by atoms with van der Waals surface area (Å²) in [6.07, 6.45) is 4.41. The lowest BCUT2D eigenvalue weighted by Gasteiger charge is -2.31. The summed E-state index contributed by atoms with van der Waals surface area (Å²) in [6, 6.07) is 18.3. The van der Waals surface area contributed by atoms with Crippen molar-refractivity contribution in [3.63, 3.8) is 0 Å². The van der Waals surface area contributed by atoms with Gasteiger partial charge in [-0.15, -0.1) is 0 Å². The van der Waals surface area contributed by atoms with Gasteiger partial charge in [0.05, 0.1) is 0 Å². The van der Waals surface area contributed by atoms with E-state index in [1.165, 1.54) is 11.1 Å². The third kappa shape index (κ3) is 8.68. The van der Waals surface area contributed by atoms with E-state index < -0.39 is 6.04 Å². The van der Waals surface area contributed by atoms with Crippen LogP contribution in [-0.2, 0) is 27.8 Å². The number of rotatable bonds is 12. The summed E-state index contributed by atoms with van der Waals surface area (Å²) in [4.78, 5) is 28.1. The Bertz CT molecular complexity index is 853. The Balaban J connectivity index is 2.09. The lowest BCUT2D eigenvalue weighted by molar-refractivity contribution is -0.140. The van der Waals surface area contributed by atoms with E-state index >= 15 is 0 Å². The average molecular weight is 451 g/mol. The molecule has 2 amide bonds. The van der Waals surface area contributed by atoms with Gasteiger partial charge in [0, 0.05) is 19.5 Å². The number of unbranched alkanes of at least 4 members (excludes halogenated alkanes) is 1. The van der Waals surface area contributed by atoms with E-state index in [-0.39, 0.29) is 17.2 Å². The molecule has 0 aliphatic carbocycles. The molecule has 0 heterocycles. The van der Waals surface area contributed by atoms with E-state index in [4.69, 9.17) is 0 Å². The molecular weight excluding hydrogens is 408 g/mol. The molecule has 0 bridgehead atoms. The molecule has 0 aliphatic heterocycles. The van der Waals surface area contributed by atoms with Crippen LogP contribution < -0.4 is 5.32 Å². The van der Waals surface area contributed by atoms with E-state index in [1.54, 1.807) is 4.90 Å². The van der Waals surface area contributed by atoms with E-state index in [0.717, 1.165) is 24.8 Å². The first-order valence-corrected chi connectivity index (χ1v) is 12.5. The van der Waals surface area contributed by atoms with Crippen molar-refractivity contribution in [1.82, 2.24) is 10.2 Å². The summed E-state index contributed by atoms with van der Waals surface area (Å²) in [5.41, 5.74) is 3.73. The van der Waals surface area contributed by atoms with Gasteiger partial charge in [-0.1, -0.05) is 95.6 Å². The van der Waals surface area contributed by atoms with E-state index in [1.807, 2.05) is 25.1 Å². The maximum absolute atomic E-state index is 13.3. The minimum absolute atomic E-state index is 0.0399. The van der Waals surface area contributed by atoms with Gasteiger partial charge >= 0.3 is 0 Å². The van der Waals surface area contributed by atoms with Crippen molar-refractivity contribution < 1.29 is 9.59 Å². The maximum atomic E-state index is 13.3. The fourth-order valence-electron chi connectivity index (χ4n) is 3.97. The Labute approximate surface area is 200 Å². The molecule has 33 heavy (non-hydrogen) atoms. The van der Waals surface area contributed by atoms with Crippen molar-refractivity contribution in [3.05, 3.63) is 71.3 Å². The van der Waals surface area contributed by atoms with Gasteiger partial charge in [-0.25, -0.2) is 0 Å². The molecule has 0 radical (unpaired) electrons. The summed E-state index contributed by atoms with van der Waals surface area (Å²) in [5, 5.41) is 3.03. The molecule has 0 aromatic heterocycles. The lowest BCUT2D eigenvalue weighted by Crippen LogP contribution is -2.50. The molecule has 1 N–H and O–H groups in total. The zero-order valence-electron chi connectivity index (χ0n) is 21.2. The smallest absolute Gasteiger partial charge is 0.242 e. The molecule has 0 saturated heterocycles. The number of nitrogens with one attached hydrogen (secondary N) is 1. The van der Waals surface area contributed by atoms with Gasteiger partial charge in [0.15, 0.2) is 0 Å². The average Bonchev–Trinajstić information content (AvgIpc) is 2.80. The molecule has 0 spiro atoms. The van der Waals surface area contributed by atoms with Crippen LogP contribution in [0.1, 0.15) is 77.0 Å². The molecule has 2 rings (SSSR count). The molecule has 2 aromatic carbocycles. The predicted octanol–water partition coefficient (Wildman–Crippen LogP) is 5.68. The fraction of sp³-hybridized carbons (Fsp3) is 0.517. The molecule has 1 atom stereocenters. The van der Waals surface area contributed by atoms with Gasteiger partial charge in [0.2, 0.25) is 11.8 Å². The van der Waals surface area contributed by atoms with Gasteiger partial charge in [-0.2, -0.15) is 0 Å².